The number of nitro benzene ring substituents is 1. The number of amidine groups is 1. The summed E-state index contributed by atoms with van der Waals surface area (Å²) in [5.41, 5.74) is 1.72. The number of carbonyl (C=O) groups excluding carboxylic acids is 2. The number of nitro groups is 1. The molecule has 9 heteroatoms. The van der Waals surface area contributed by atoms with Gasteiger partial charge in [-0.25, -0.2) is 4.99 Å². The molecule has 0 radical (unpaired) electrons. The summed E-state index contributed by atoms with van der Waals surface area (Å²) in [6, 6.07) is 23.3. The molecule has 0 atom stereocenters. The predicted molar refractivity (Wildman–Crippen MR) is 124 cm³/mol. The smallest absolute Gasteiger partial charge is 0.270 e. The zero-order valence-electron chi connectivity index (χ0n) is 17.7. The van der Waals surface area contributed by atoms with Gasteiger partial charge >= 0.3 is 0 Å². The third kappa shape index (κ3) is 4.56. The SMILES string of the molecule is N#C/C(C(=O)NCc1ccccc1)=C1/N=C(NC(=O)c2cccc([N+](=O)[O-])c2)c2ccccc21. The molecule has 9 nitrogen and oxygen atoms in total. The Morgan fingerprint density at radius 1 is 0.971 bits per heavy atom. The number of non-ortho nitro benzene ring substituents is 1. The predicted octanol–water partition coefficient (Wildman–Crippen LogP) is 3.34. The van der Waals surface area contributed by atoms with Crippen molar-refractivity contribution in [1.29, 1.82) is 5.26 Å². The maximum absolute atomic E-state index is 12.8. The van der Waals surface area contributed by atoms with Crippen molar-refractivity contribution in [2.24, 2.45) is 4.99 Å². The van der Waals surface area contributed by atoms with Crippen LogP contribution in [0.1, 0.15) is 27.0 Å². The van der Waals surface area contributed by atoms with Gasteiger partial charge in [0.15, 0.2) is 0 Å². The Hall–Kier alpha value is -5.10. The van der Waals surface area contributed by atoms with Crippen LogP contribution in [0.15, 0.2) is 89.4 Å². The molecule has 0 fully saturated rings. The maximum atomic E-state index is 12.8. The molecule has 0 aliphatic carbocycles. The molecule has 1 heterocycles. The van der Waals surface area contributed by atoms with Crippen molar-refractivity contribution in [1.82, 2.24) is 10.6 Å². The summed E-state index contributed by atoms with van der Waals surface area (Å²) in [5.74, 6) is -1.05. The quantitative estimate of drug-likeness (QED) is 0.265. The monoisotopic (exact) mass is 451 g/mol. The summed E-state index contributed by atoms with van der Waals surface area (Å²) in [7, 11) is 0. The van der Waals surface area contributed by atoms with Gasteiger partial charge in [0.1, 0.15) is 17.5 Å². The molecule has 0 saturated heterocycles. The summed E-state index contributed by atoms with van der Waals surface area (Å²) in [6.45, 7) is 0.236. The summed E-state index contributed by atoms with van der Waals surface area (Å²) >= 11 is 0. The van der Waals surface area contributed by atoms with Crippen LogP contribution in [0.4, 0.5) is 5.69 Å². The minimum Gasteiger partial charge on any atom is -0.347 e. The number of amides is 2. The second kappa shape index (κ2) is 9.58. The van der Waals surface area contributed by atoms with Crippen LogP contribution in [0.25, 0.3) is 5.70 Å². The van der Waals surface area contributed by atoms with Gasteiger partial charge in [-0.1, -0.05) is 60.7 Å². The average molecular weight is 451 g/mol. The highest BCUT2D eigenvalue weighted by Crippen LogP contribution is 2.30. The number of nitrogens with one attached hydrogen (secondary N) is 2. The Bertz CT molecular complexity index is 1400. The van der Waals surface area contributed by atoms with Gasteiger partial charge in [0.25, 0.3) is 17.5 Å². The lowest BCUT2D eigenvalue weighted by Gasteiger charge is -2.06. The number of carbonyl (C=O) groups is 2. The molecule has 3 aromatic carbocycles. The van der Waals surface area contributed by atoms with E-state index in [1.807, 2.05) is 36.4 Å². The highest BCUT2D eigenvalue weighted by Gasteiger charge is 2.27. The standard InChI is InChI=1S/C25H17N5O4/c26-14-21(25(32)27-15-16-7-2-1-3-8-16)22-19-11-4-5-12-20(19)23(28-22)29-24(31)17-9-6-10-18(13-17)30(33)34/h1-13H,15H2,(H,27,32)(H,28,29,31)/b22-21-. The molecule has 4 rings (SSSR count). The van der Waals surface area contributed by atoms with Crippen molar-refractivity contribution >= 4 is 29.0 Å². The van der Waals surface area contributed by atoms with Crippen LogP contribution in [0, 0.1) is 21.4 Å². The first-order chi connectivity index (χ1) is 16.5. The van der Waals surface area contributed by atoms with Gasteiger partial charge < -0.3 is 10.6 Å². The number of hydrogen-bond acceptors (Lipinski definition) is 6. The second-order valence-corrected chi connectivity index (χ2v) is 7.27. The van der Waals surface area contributed by atoms with E-state index >= 15 is 0 Å². The van der Waals surface area contributed by atoms with E-state index in [1.165, 1.54) is 18.2 Å². The molecule has 0 bridgehead atoms. The minimum absolute atomic E-state index is 0.0768. The first kappa shape index (κ1) is 22.1. The zero-order chi connectivity index (χ0) is 24.1. The molecule has 1 aliphatic rings. The molecule has 3 aromatic rings. The molecule has 34 heavy (non-hydrogen) atoms. The van der Waals surface area contributed by atoms with Gasteiger partial charge in [0.05, 0.1) is 10.6 Å². The van der Waals surface area contributed by atoms with Crippen molar-refractivity contribution in [3.63, 3.8) is 0 Å². The Morgan fingerprint density at radius 3 is 2.38 bits per heavy atom. The number of benzene rings is 3. The van der Waals surface area contributed by atoms with E-state index in [4.69, 9.17) is 0 Å². The van der Waals surface area contributed by atoms with Crippen molar-refractivity contribution in [2.45, 2.75) is 6.54 Å². The van der Waals surface area contributed by atoms with Crippen LogP contribution < -0.4 is 10.6 Å². The van der Waals surface area contributed by atoms with E-state index in [0.717, 1.165) is 11.6 Å². The lowest BCUT2D eigenvalue weighted by Crippen LogP contribution is -2.30. The highest BCUT2D eigenvalue weighted by atomic mass is 16.6. The summed E-state index contributed by atoms with van der Waals surface area (Å²) in [5, 5.41) is 26.1. The molecule has 0 aromatic heterocycles. The first-order valence-corrected chi connectivity index (χ1v) is 10.2. The Labute approximate surface area is 194 Å². The fraction of sp³-hybridized carbons (Fsp3) is 0.0400. The van der Waals surface area contributed by atoms with E-state index in [0.29, 0.717) is 11.1 Å². The molecule has 2 N–H and O–H groups in total. The number of aliphatic imine (C=N–C) groups is 1. The van der Waals surface area contributed by atoms with E-state index < -0.39 is 16.7 Å². The maximum Gasteiger partial charge on any atom is 0.270 e. The summed E-state index contributed by atoms with van der Waals surface area (Å²) in [6.07, 6.45) is 0. The van der Waals surface area contributed by atoms with E-state index in [-0.39, 0.29) is 34.9 Å². The van der Waals surface area contributed by atoms with Crippen LogP contribution in [0.5, 0.6) is 0 Å². The normalized spacial score (nSPS) is 13.2. The Balaban J connectivity index is 1.63. The van der Waals surface area contributed by atoms with E-state index in [2.05, 4.69) is 15.6 Å². The van der Waals surface area contributed by atoms with Gasteiger partial charge in [-0.15, -0.1) is 0 Å². The van der Waals surface area contributed by atoms with Crippen molar-refractivity contribution in [3.05, 3.63) is 117 Å². The number of nitriles is 1. The topological polar surface area (TPSA) is 137 Å². The number of rotatable bonds is 5. The fourth-order valence-corrected chi connectivity index (χ4v) is 3.43. The third-order valence-corrected chi connectivity index (χ3v) is 5.08. The fourth-order valence-electron chi connectivity index (χ4n) is 3.43. The van der Waals surface area contributed by atoms with Crippen LogP contribution >= 0.6 is 0 Å². The van der Waals surface area contributed by atoms with Crippen LogP contribution in [0.2, 0.25) is 0 Å². The molecular formula is C25H17N5O4. The zero-order valence-corrected chi connectivity index (χ0v) is 17.7. The van der Waals surface area contributed by atoms with Crippen LogP contribution in [-0.4, -0.2) is 22.6 Å². The second-order valence-electron chi connectivity index (χ2n) is 7.27. The summed E-state index contributed by atoms with van der Waals surface area (Å²) in [4.78, 5) is 40.3. The molecule has 0 unspecified atom stereocenters. The molecule has 0 saturated carbocycles. The molecule has 2 amide bonds. The Kier molecular flexibility index (Phi) is 6.23. The summed E-state index contributed by atoms with van der Waals surface area (Å²) < 4.78 is 0. The molecule has 1 aliphatic heterocycles. The average Bonchev–Trinajstić information content (AvgIpc) is 3.22. The molecular weight excluding hydrogens is 434 g/mol. The largest absolute Gasteiger partial charge is 0.347 e. The third-order valence-electron chi connectivity index (χ3n) is 5.08. The van der Waals surface area contributed by atoms with Gasteiger partial charge in [0, 0.05) is 35.4 Å². The van der Waals surface area contributed by atoms with Gasteiger partial charge in [0.2, 0.25) is 0 Å². The molecule has 0 spiro atoms. The Morgan fingerprint density at radius 2 is 1.68 bits per heavy atom. The van der Waals surface area contributed by atoms with Gasteiger partial charge in [-0.05, 0) is 11.6 Å². The molecule has 166 valence electrons. The van der Waals surface area contributed by atoms with E-state index in [9.17, 15) is 25.0 Å². The van der Waals surface area contributed by atoms with Crippen molar-refractivity contribution in [3.8, 4) is 6.07 Å². The van der Waals surface area contributed by atoms with E-state index in [1.54, 1.807) is 24.3 Å². The lowest BCUT2D eigenvalue weighted by atomic mass is 10.0. The lowest BCUT2D eigenvalue weighted by molar-refractivity contribution is -0.384. The van der Waals surface area contributed by atoms with Crippen LogP contribution in [0.3, 0.4) is 0 Å². The van der Waals surface area contributed by atoms with Gasteiger partial charge in [-0.2, -0.15) is 5.26 Å². The minimum atomic E-state index is -0.606. The highest BCUT2D eigenvalue weighted by molar-refractivity contribution is 6.20. The van der Waals surface area contributed by atoms with Gasteiger partial charge in [-0.3, -0.25) is 19.7 Å². The number of nitrogens with zero attached hydrogens (tertiary/aromatic N) is 3. The number of hydrogen-bond donors (Lipinski definition) is 2. The first-order valence-electron chi connectivity index (χ1n) is 10.2. The van der Waals surface area contributed by atoms with Crippen molar-refractivity contribution in [2.75, 3.05) is 0 Å². The number of fused-ring (bicyclic) bond motifs is 1. The van der Waals surface area contributed by atoms with Crippen LogP contribution in [-0.2, 0) is 11.3 Å². The van der Waals surface area contributed by atoms with Crippen molar-refractivity contribution < 1.29 is 14.5 Å².